The largest absolute Gasteiger partial charge is 0.504 e. The molecule has 14 heteroatoms. The van der Waals surface area contributed by atoms with Crippen LogP contribution in [0.15, 0.2) is 209 Å². The molecule has 14 nitrogen and oxygen atoms in total. The highest BCUT2D eigenvalue weighted by molar-refractivity contribution is 5.74. The highest BCUT2D eigenvalue weighted by Crippen LogP contribution is 2.59. The number of ether oxygens (including phenoxy) is 10. The average Bonchev–Trinajstić information content (AvgIpc) is 1.69. The number of phenolic OH excluding ortho intramolecular Hbond substituents is 1. The minimum Gasteiger partial charge on any atom is -0.504 e. The van der Waals surface area contributed by atoms with E-state index in [-0.39, 0.29) is 56.0 Å². The van der Waals surface area contributed by atoms with Gasteiger partial charge in [-0.05, 0) is 309 Å². The number of hydrogen-bond acceptors (Lipinski definition) is 14. The van der Waals surface area contributed by atoms with Crippen LogP contribution in [0.4, 0.5) is 0 Å². The van der Waals surface area contributed by atoms with Crippen LogP contribution in [-0.4, -0.2) is 66.9 Å². The zero-order valence-corrected chi connectivity index (χ0v) is 77.6. The van der Waals surface area contributed by atoms with E-state index in [0.717, 1.165) is 81.6 Å². The van der Waals surface area contributed by atoms with Gasteiger partial charge in [0.25, 0.3) is 0 Å². The number of para-hydroxylation sites is 2. The second-order valence-electron chi connectivity index (χ2n) is 37.5. The van der Waals surface area contributed by atoms with Crippen LogP contribution in [0.1, 0.15) is 253 Å². The van der Waals surface area contributed by atoms with Crippen molar-refractivity contribution in [1.29, 1.82) is 0 Å². The lowest BCUT2D eigenvalue weighted by Crippen LogP contribution is -2.44. The Morgan fingerprint density at radius 1 is 0.569 bits per heavy atom. The molecule has 0 spiro atoms. The lowest BCUT2D eigenvalue weighted by Gasteiger charge is -2.53. The summed E-state index contributed by atoms with van der Waals surface area (Å²) >= 11 is 0. The summed E-state index contributed by atoms with van der Waals surface area (Å²) in [6, 6.07) is 51.7. The maximum atomic E-state index is 11.3. The fourth-order valence-corrected chi connectivity index (χ4v) is 18.3. The minimum atomic E-state index is -0.509. The van der Waals surface area contributed by atoms with Crippen molar-refractivity contribution in [2.45, 2.75) is 264 Å². The molecule has 2 saturated carbocycles. The fraction of sp³-hybridized carbons (Fsp3) is 0.486. The van der Waals surface area contributed by atoms with Gasteiger partial charge in [-0.1, -0.05) is 236 Å². The van der Waals surface area contributed by atoms with Crippen molar-refractivity contribution in [1.82, 2.24) is 0 Å². The summed E-state index contributed by atoms with van der Waals surface area (Å²) in [4.78, 5) is 21.8. The zero-order chi connectivity index (χ0) is 88.9. The van der Waals surface area contributed by atoms with E-state index < -0.39 is 5.60 Å². The molecule has 2 N–H and O–H groups in total. The van der Waals surface area contributed by atoms with Gasteiger partial charge in [0.1, 0.15) is 13.2 Å². The Hall–Kier alpha value is -9.76. The van der Waals surface area contributed by atoms with Crippen LogP contribution in [0.25, 0.3) is 28.3 Å². The number of carbonyl (C=O) groups excluding carboxylic acids is 2. The lowest BCUT2D eigenvalue weighted by molar-refractivity contribution is -0.148. The highest BCUT2D eigenvalue weighted by Gasteiger charge is 2.56. The van der Waals surface area contributed by atoms with Crippen molar-refractivity contribution in [2.24, 2.45) is 52.8 Å². The van der Waals surface area contributed by atoms with E-state index in [1.165, 1.54) is 148 Å². The van der Waals surface area contributed by atoms with Gasteiger partial charge in [0.15, 0.2) is 46.0 Å². The number of carbonyl (C=O) groups is 2. The van der Waals surface area contributed by atoms with Gasteiger partial charge in [0.2, 0.25) is 20.4 Å². The number of aliphatic hydroxyl groups is 1. The van der Waals surface area contributed by atoms with Crippen LogP contribution in [0, 0.1) is 66.6 Å². The first-order chi connectivity index (χ1) is 58.6. The van der Waals surface area contributed by atoms with Crippen LogP contribution < -0.4 is 33.2 Å². The summed E-state index contributed by atoms with van der Waals surface area (Å²) in [5, 5.41) is 19.2. The second-order valence-corrected chi connectivity index (χ2v) is 37.5. The van der Waals surface area contributed by atoms with E-state index >= 15 is 0 Å². The predicted octanol–water partition coefficient (Wildman–Crippen LogP) is 27.5. The molecule has 9 atom stereocenters. The van der Waals surface area contributed by atoms with Gasteiger partial charge in [-0.25, -0.2) is 0 Å². The van der Waals surface area contributed by atoms with Gasteiger partial charge in [0, 0.05) is 6.92 Å². The number of benzene rings is 4. The molecule has 18 rings (SSSR count). The van der Waals surface area contributed by atoms with Gasteiger partial charge >= 0.3 is 11.9 Å². The molecular formula is C109H142O14. The van der Waals surface area contributed by atoms with Crippen LogP contribution in [-0.2, 0) is 37.0 Å². The molecule has 4 heterocycles. The number of allylic oxidation sites excluding steroid dienone is 8. The van der Waals surface area contributed by atoms with E-state index in [9.17, 15) is 14.7 Å². The molecule has 4 aromatic rings. The normalized spacial score (nSPS) is 22.4. The van der Waals surface area contributed by atoms with Gasteiger partial charge in [-0.15, -0.1) is 0 Å². The molecule has 4 aromatic carbocycles. The third kappa shape index (κ3) is 26.6. The van der Waals surface area contributed by atoms with E-state index in [0.29, 0.717) is 47.4 Å². The SMILES string of the molecule is C/C=C/c1ccc2c(c1)OCO2.C=C1CC[C@H]2O[C@]2(C)CC[C@@H]2[C@@H]1CC2(C)C.CC(=O)OCc1ccc2c(c1)OCO2.CC(C)=C1CCC(C)C2=C(C1)C(C)CC2.CC(C)C(=O)OCc1ccc2c(c1)OCO2.COc1ccccc1O.C[C@H]1CC[C@@H](C(C)(C)O)CC2=C1CC[C@@H]2C.Cc1ccc(C(C)C)cc2c(C)ccc1-2.c1ccc2cccc-2cc1. The number of aromatic hydroxyl groups is 1. The number of phenols is 1. The van der Waals surface area contributed by atoms with E-state index in [4.69, 9.17) is 52.5 Å². The Balaban J connectivity index is 0.000000146. The quantitative estimate of drug-likeness (QED) is 0.0795. The maximum absolute atomic E-state index is 11.3. The Morgan fingerprint density at radius 3 is 1.66 bits per heavy atom. The molecule has 2 unspecified atom stereocenters. The Kier molecular flexibility index (Phi) is 34.3. The van der Waals surface area contributed by atoms with Crippen LogP contribution in [0.3, 0.4) is 0 Å². The number of esters is 2. The zero-order valence-electron chi connectivity index (χ0n) is 77.6. The molecule has 3 fully saturated rings. The van der Waals surface area contributed by atoms with Crippen LogP contribution >= 0.6 is 0 Å². The number of hydrogen-bond donors (Lipinski definition) is 2. The van der Waals surface area contributed by atoms with E-state index in [1.54, 1.807) is 58.2 Å². The van der Waals surface area contributed by atoms with Crippen molar-refractivity contribution in [3.8, 4) is 68.2 Å². The molecule has 14 aliphatic rings. The molecule has 0 amide bonds. The molecule has 0 aromatic heterocycles. The molecule has 0 bridgehead atoms. The maximum Gasteiger partial charge on any atom is 0.308 e. The Morgan fingerprint density at radius 2 is 1.10 bits per heavy atom. The number of fused-ring (bicyclic) bond motifs is 7. The topological polar surface area (TPSA) is 170 Å². The second kappa shape index (κ2) is 44.2. The molecule has 1 saturated heterocycles. The predicted molar refractivity (Wildman–Crippen MR) is 498 cm³/mol. The monoisotopic (exact) mass is 1680 g/mol. The number of aryl methyl sites for hydroxylation is 2. The first kappa shape index (κ1) is 95.5. The summed E-state index contributed by atoms with van der Waals surface area (Å²) in [6.07, 6.45) is 24.0. The number of epoxide rings is 1. The smallest absolute Gasteiger partial charge is 0.308 e. The van der Waals surface area contributed by atoms with Crippen molar-refractivity contribution < 1.29 is 67.2 Å². The van der Waals surface area contributed by atoms with Crippen molar-refractivity contribution in [3.05, 3.63) is 243 Å². The van der Waals surface area contributed by atoms with Crippen LogP contribution in [0.5, 0.6) is 46.0 Å². The van der Waals surface area contributed by atoms with Crippen molar-refractivity contribution in [2.75, 3.05) is 27.5 Å². The van der Waals surface area contributed by atoms with Crippen LogP contribution in [0.2, 0.25) is 0 Å². The fourth-order valence-electron chi connectivity index (χ4n) is 18.3. The highest BCUT2D eigenvalue weighted by atomic mass is 16.7. The first-order valence-electron chi connectivity index (χ1n) is 45.2. The average molecular weight is 1680 g/mol. The standard InChI is InChI=1S/C15H24O.C15H26O.C15H24.C15H18.C12H14O4.C10H10O4.C10H10O2.C10H8.C7H8O2/c1-10-5-6-13-15(4,16-13)8-7-12-11(10)9-14(12,2)3;1-10-5-7-12(15(3,4)16)9-14-11(2)6-8-13(10)14;2*1-10(2)13-7-5-11(3)14-8-6-12(4)15(14)9-13;1-8(2)12(13)14-6-9-3-4-10-11(5-9)16-7-15-10;1-7(11)12-5-8-2-3-9-10(4-8)14-6-13-9;1-2-3-8-4-5-9-10(6-8)12-7-11-9;1-2-5-9-7-4-8-10(9)6-3-1;1-9-7-5-3-2-4-6(7)8/h11-13H,1,5-9H2,2-4H3;10-12,16H,5-9H2,1-4H3;11-12H,5-9H2,1-4H3;5-10H,1-4H3;3-5,8H,6-7H2,1-2H3;2-4H,5-6H2,1H3;2-6H,7H2,1H3;1-8H;2-5,8H,1H3/b;;;;;;3-2+;;/t11-,12-,13-,15-;10-,11-,12+;;;;;;;/m10......./s1. The number of methoxy groups -OCH3 is 1. The Bertz CT molecular complexity index is 4850. The third-order valence-electron chi connectivity index (χ3n) is 26.6. The summed E-state index contributed by atoms with van der Waals surface area (Å²) in [6.45, 7) is 46.8. The van der Waals surface area contributed by atoms with Gasteiger partial charge in [0.05, 0.1) is 30.3 Å². The Labute approximate surface area is 736 Å². The van der Waals surface area contributed by atoms with Crippen molar-refractivity contribution >= 4 is 18.0 Å². The molecule has 10 aliphatic carbocycles. The molecule has 4 aliphatic heterocycles. The lowest BCUT2D eigenvalue weighted by atomic mass is 9.52. The summed E-state index contributed by atoms with van der Waals surface area (Å²) in [5.41, 5.74) is 24.6. The van der Waals surface area contributed by atoms with Gasteiger partial charge in [-0.3, -0.25) is 9.59 Å². The summed E-state index contributed by atoms with van der Waals surface area (Å²) < 4.78 is 51.8. The molecule has 123 heavy (non-hydrogen) atoms. The molecule has 662 valence electrons. The molecular weight excluding hydrogens is 1530 g/mol. The third-order valence-corrected chi connectivity index (χ3v) is 26.6. The van der Waals surface area contributed by atoms with E-state index in [2.05, 4.69) is 169 Å². The number of rotatable bonds is 9. The van der Waals surface area contributed by atoms with Gasteiger partial charge < -0.3 is 57.6 Å². The summed E-state index contributed by atoms with van der Waals surface area (Å²) in [7, 11) is 1.52. The van der Waals surface area contributed by atoms with Gasteiger partial charge in [-0.2, -0.15) is 0 Å². The molecule has 0 radical (unpaired) electrons. The summed E-state index contributed by atoms with van der Waals surface area (Å²) in [5.74, 6) is 10.6. The minimum absolute atomic E-state index is 0.103. The van der Waals surface area contributed by atoms with E-state index in [1.807, 2.05) is 107 Å². The first-order valence-corrected chi connectivity index (χ1v) is 45.2. The van der Waals surface area contributed by atoms with Crippen molar-refractivity contribution in [3.63, 3.8) is 0 Å².